The van der Waals surface area contributed by atoms with E-state index in [-0.39, 0.29) is 0 Å². The van der Waals surface area contributed by atoms with Crippen LogP contribution in [0.3, 0.4) is 0 Å². The molecule has 0 saturated carbocycles. The average molecular weight is 1890 g/mol. The van der Waals surface area contributed by atoms with Crippen molar-refractivity contribution in [1.82, 2.24) is 0 Å². The molecule has 11 heteroatoms. The first-order valence-electron chi connectivity index (χ1n) is 50.7. The van der Waals surface area contributed by atoms with Crippen LogP contribution in [0.5, 0.6) is 63.2 Å². The molecular formula is C126H198O11. The summed E-state index contributed by atoms with van der Waals surface area (Å²) in [6, 6.07) is 61.5. The zero-order valence-electron chi connectivity index (χ0n) is 95.3. The van der Waals surface area contributed by atoms with Crippen LogP contribution < -0.4 is 52.1 Å². The van der Waals surface area contributed by atoms with Crippen molar-refractivity contribution in [2.45, 2.75) is 354 Å². The second-order valence-electron chi connectivity index (χ2n) is 48.3. The SMILES string of the molecule is COc1cccc(OCCC(C)(C)C)c1.COc1ccccc1OCCC(C)(C)C.Cc1ccc(C(C)C)c(OCCC(C)(C)C)c1.Cc1ccc(C)c(OCCC(C)(C)C)c1.Cc1ccc(OCCC(C)(C)C)cc1.Cc1ccc(OCCC(C)(C)C)cc1C.Cc1cccc(C)c1OCCC(C)(C)C.Cc1cccc(C)c1OCCCC(C)(C)C.Cc1cccc(OCCC(C)(C)C)c1C. The first kappa shape index (κ1) is 126. The van der Waals surface area contributed by atoms with E-state index in [1.807, 2.05) is 72.8 Å². The van der Waals surface area contributed by atoms with Crippen LogP contribution in [0.2, 0.25) is 0 Å². The maximum atomic E-state index is 5.96. The number of hydrogen-bond donors (Lipinski definition) is 0. The lowest BCUT2D eigenvalue weighted by Gasteiger charge is -2.20. The van der Waals surface area contributed by atoms with E-state index in [9.17, 15) is 0 Å². The normalized spacial score (nSPS) is 11.5. The average Bonchev–Trinajstić information content (AvgIpc) is 0.850. The summed E-state index contributed by atoms with van der Waals surface area (Å²) in [4.78, 5) is 0. The fraction of sp³-hybridized carbons (Fsp3) is 0.571. The van der Waals surface area contributed by atoms with Gasteiger partial charge in [-0.15, -0.1) is 0 Å². The largest absolute Gasteiger partial charge is 0.497 e. The van der Waals surface area contributed by atoms with Gasteiger partial charge in [0.1, 0.15) is 51.7 Å². The molecule has 0 radical (unpaired) electrons. The number of benzene rings is 9. The van der Waals surface area contributed by atoms with Crippen molar-refractivity contribution in [3.8, 4) is 63.2 Å². The number of hydrogen-bond acceptors (Lipinski definition) is 11. The molecule has 0 aliphatic heterocycles. The smallest absolute Gasteiger partial charge is 0.161 e. The zero-order valence-corrected chi connectivity index (χ0v) is 95.3. The van der Waals surface area contributed by atoms with E-state index >= 15 is 0 Å². The summed E-state index contributed by atoms with van der Waals surface area (Å²) >= 11 is 0. The predicted molar refractivity (Wildman–Crippen MR) is 593 cm³/mol. The minimum absolute atomic E-state index is 0.308. The molecule has 0 aliphatic rings. The van der Waals surface area contributed by atoms with Crippen molar-refractivity contribution < 1.29 is 52.1 Å². The third-order valence-corrected chi connectivity index (χ3v) is 22.3. The Morgan fingerprint density at radius 2 is 0.511 bits per heavy atom. The van der Waals surface area contributed by atoms with E-state index in [4.69, 9.17) is 52.1 Å². The topological polar surface area (TPSA) is 102 Å². The monoisotopic (exact) mass is 1890 g/mol. The Morgan fingerprint density at radius 1 is 0.204 bits per heavy atom. The van der Waals surface area contributed by atoms with E-state index in [1.54, 1.807) is 14.2 Å². The highest BCUT2D eigenvalue weighted by Crippen LogP contribution is 2.35. The zero-order chi connectivity index (χ0) is 104. The summed E-state index contributed by atoms with van der Waals surface area (Å²) in [6.45, 7) is 97.1. The Balaban J connectivity index is 0.000000771. The lowest BCUT2D eigenvalue weighted by molar-refractivity contribution is 0.234. The molecule has 9 aromatic rings. The Hall–Kier alpha value is -9.22. The van der Waals surface area contributed by atoms with Crippen LogP contribution in [0.4, 0.5) is 0 Å². The molecule has 768 valence electrons. The summed E-state index contributed by atoms with van der Waals surface area (Å²) in [5.41, 5.74) is 19.5. The molecule has 0 fully saturated rings. The van der Waals surface area contributed by atoms with Gasteiger partial charge in [-0.1, -0.05) is 316 Å². The van der Waals surface area contributed by atoms with Gasteiger partial charge in [-0.2, -0.15) is 0 Å². The Bertz CT molecular complexity index is 4690. The molecule has 9 rings (SSSR count). The highest BCUT2D eigenvalue weighted by molar-refractivity contribution is 5.44. The Morgan fingerprint density at radius 3 is 0.920 bits per heavy atom. The van der Waals surface area contributed by atoms with Gasteiger partial charge in [-0.05, 0) is 335 Å². The third-order valence-electron chi connectivity index (χ3n) is 22.3. The highest BCUT2D eigenvalue weighted by Gasteiger charge is 2.20. The van der Waals surface area contributed by atoms with Gasteiger partial charge in [0.15, 0.2) is 11.5 Å². The van der Waals surface area contributed by atoms with Crippen molar-refractivity contribution in [3.05, 3.63) is 254 Å². The fourth-order valence-electron chi connectivity index (χ4n) is 12.4. The second-order valence-corrected chi connectivity index (χ2v) is 48.3. The van der Waals surface area contributed by atoms with Crippen LogP contribution in [0.1, 0.15) is 343 Å². The van der Waals surface area contributed by atoms with Crippen LogP contribution in [-0.2, 0) is 0 Å². The lowest BCUT2D eigenvalue weighted by Crippen LogP contribution is -2.12. The van der Waals surface area contributed by atoms with E-state index in [0.717, 1.165) is 180 Å². The van der Waals surface area contributed by atoms with E-state index in [1.165, 1.54) is 78.7 Å². The molecule has 11 nitrogen and oxygen atoms in total. The van der Waals surface area contributed by atoms with Crippen molar-refractivity contribution >= 4 is 0 Å². The van der Waals surface area contributed by atoms with Crippen molar-refractivity contribution in [2.24, 2.45) is 48.7 Å². The number of aryl methyl sites for hydroxylation is 11. The standard InChI is InChI=1S/C16H26O.C15H24O.4C14H22O.2C13H20O2.C13H20O/c1-12(2)14-8-7-13(3)11-15(14)17-10-9-16(4,5)6;1-12-8-6-9-13(2)14(12)16-11-7-10-15(3,4)5;1-11-6-7-13(10-12(11)2)15-9-8-14(3,4)5;1-11-6-7-12(2)13(10-11)15-9-8-14(3,4)5;1-11-7-6-8-13(12(11)2)15-10-9-14(3,4)5;1-11-7-6-8-12(2)13(11)15-10-9-14(3,4)5;1-13(2,3)8-9-15-12-7-5-6-11(10-12)14-4;1-13(2,3)9-10-15-12-8-6-5-7-11(12)14-4;1-11-5-7-12(8-6-11)14-10-9-13(2,3)4/h7-8,11-12H,9-10H2,1-6H3;6,8-9H,7,10-11H2,1-5H3;2*6-7,10H,8-9H2,1-5H3;2*6-8H,9-10H2,1-5H3;5-7,10H,8-9H2,1-4H3;5-8H,9-10H2,1-4H3;5-8H,9-10H2,1-4H3. The van der Waals surface area contributed by atoms with Gasteiger partial charge in [-0.3, -0.25) is 0 Å². The van der Waals surface area contributed by atoms with Gasteiger partial charge in [0.25, 0.3) is 0 Å². The molecule has 0 N–H and O–H groups in total. The molecular weight excluding hydrogens is 1690 g/mol. The van der Waals surface area contributed by atoms with Gasteiger partial charge >= 0.3 is 0 Å². The fourth-order valence-corrected chi connectivity index (χ4v) is 12.4. The summed E-state index contributed by atoms with van der Waals surface area (Å²) in [7, 11) is 3.32. The summed E-state index contributed by atoms with van der Waals surface area (Å²) in [6.07, 6.45) is 10.9. The van der Waals surface area contributed by atoms with E-state index in [2.05, 4.69) is 393 Å². The van der Waals surface area contributed by atoms with E-state index < -0.39 is 0 Å². The maximum Gasteiger partial charge on any atom is 0.161 e. The van der Waals surface area contributed by atoms with Crippen LogP contribution >= 0.6 is 0 Å². The molecule has 0 saturated heterocycles. The number of methoxy groups -OCH3 is 2. The molecule has 137 heavy (non-hydrogen) atoms. The van der Waals surface area contributed by atoms with Gasteiger partial charge in [0.2, 0.25) is 0 Å². The number of ether oxygens (including phenoxy) is 11. The molecule has 0 heterocycles. The molecule has 0 atom stereocenters. The summed E-state index contributed by atoms with van der Waals surface area (Å²) in [5.74, 6) is 11.0. The molecule has 0 aromatic heterocycles. The minimum Gasteiger partial charge on any atom is -0.497 e. The summed E-state index contributed by atoms with van der Waals surface area (Å²) in [5, 5.41) is 0. The van der Waals surface area contributed by atoms with Gasteiger partial charge in [0, 0.05) is 6.07 Å². The Kier molecular flexibility index (Phi) is 57.0. The van der Waals surface area contributed by atoms with E-state index in [0.29, 0.717) is 54.7 Å². The summed E-state index contributed by atoms with van der Waals surface area (Å²) < 4.78 is 62.3. The minimum atomic E-state index is 0.308. The Labute approximate surface area is 840 Å². The van der Waals surface area contributed by atoms with Gasteiger partial charge in [-0.25, -0.2) is 0 Å². The molecule has 0 bridgehead atoms. The maximum absolute atomic E-state index is 5.96. The van der Waals surface area contributed by atoms with Crippen LogP contribution in [0.25, 0.3) is 0 Å². The van der Waals surface area contributed by atoms with Crippen molar-refractivity contribution in [3.63, 3.8) is 0 Å². The first-order valence-corrected chi connectivity index (χ1v) is 50.7. The number of para-hydroxylation sites is 4. The molecule has 9 aromatic carbocycles. The van der Waals surface area contributed by atoms with Crippen LogP contribution in [-0.4, -0.2) is 73.7 Å². The van der Waals surface area contributed by atoms with Gasteiger partial charge in [0.05, 0.1) is 73.7 Å². The molecule has 0 unspecified atom stereocenters. The van der Waals surface area contributed by atoms with Crippen molar-refractivity contribution in [2.75, 3.05) is 73.7 Å². The highest BCUT2D eigenvalue weighted by atomic mass is 16.5. The van der Waals surface area contributed by atoms with Gasteiger partial charge < -0.3 is 52.1 Å². The van der Waals surface area contributed by atoms with Crippen LogP contribution in [0.15, 0.2) is 182 Å². The first-order chi connectivity index (χ1) is 63.3. The van der Waals surface area contributed by atoms with Crippen molar-refractivity contribution in [1.29, 1.82) is 0 Å². The predicted octanol–water partition coefficient (Wildman–Crippen LogP) is 36.7. The van der Waals surface area contributed by atoms with Crippen LogP contribution in [0, 0.1) is 132 Å². The molecule has 0 aliphatic carbocycles. The molecule has 0 amide bonds. The third kappa shape index (κ3) is 64.6. The lowest BCUT2D eigenvalue weighted by atomic mass is 9.91. The molecule has 0 spiro atoms. The second kappa shape index (κ2) is 62.1. The quantitative estimate of drug-likeness (QED) is 0.0388. The number of rotatable bonds is 31.